The van der Waals surface area contributed by atoms with E-state index in [1.807, 2.05) is 0 Å². The van der Waals surface area contributed by atoms with E-state index in [-0.39, 0.29) is 5.75 Å². The molecule has 4 heteroatoms. The number of phenols is 1. The van der Waals surface area contributed by atoms with Crippen LogP contribution in [0.1, 0.15) is 12.0 Å². The second-order valence-electron chi connectivity index (χ2n) is 4.10. The predicted octanol–water partition coefficient (Wildman–Crippen LogP) is 2.17. The van der Waals surface area contributed by atoms with Gasteiger partial charge in [-0.25, -0.2) is 0 Å². The number of phenolic OH excluding ortho intramolecular Hbond substituents is 1. The van der Waals surface area contributed by atoms with Crippen molar-refractivity contribution in [3.05, 3.63) is 28.8 Å². The zero-order chi connectivity index (χ0) is 11.4. The Morgan fingerprint density at radius 1 is 1.50 bits per heavy atom. The molecular formula is C12H16ClNO2. The number of aromatic hydroxyl groups is 1. The van der Waals surface area contributed by atoms with Gasteiger partial charge in [-0.15, -0.1) is 0 Å². The molecule has 16 heavy (non-hydrogen) atoms. The Bertz CT molecular complexity index is 331. The number of nitrogens with one attached hydrogen (secondary N) is 1. The molecule has 0 spiro atoms. The highest BCUT2D eigenvalue weighted by molar-refractivity contribution is 6.31. The Kier molecular flexibility index (Phi) is 4.04. The zero-order valence-electron chi connectivity index (χ0n) is 9.08. The van der Waals surface area contributed by atoms with Gasteiger partial charge in [0, 0.05) is 30.3 Å². The molecule has 1 atom stereocenters. The van der Waals surface area contributed by atoms with E-state index in [9.17, 15) is 5.11 Å². The highest BCUT2D eigenvalue weighted by Gasteiger charge is 2.15. The lowest BCUT2D eigenvalue weighted by Crippen LogP contribution is -2.22. The molecule has 0 saturated carbocycles. The monoisotopic (exact) mass is 241 g/mol. The number of hydrogen-bond acceptors (Lipinski definition) is 3. The molecule has 0 aliphatic carbocycles. The molecule has 1 aromatic carbocycles. The maximum atomic E-state index is 9.63. The standard InChI is InChI=1S/C12H16ClNO2/c13-11-2-1-3-12(15)10(11)7-14-6-9-4-5-16-8-9/h1-3,9,14-15H,4-8H2. The van der Waals surface area contributed by atoms with E-state index in [1.54, 1.807) is 18.2 Å². The molecule has 0 bridgehead atoms. The fourth-order valence-electron chi connectivity index (χ4n) is 1.87. The lowest BCUT2D eigenvalue weighted by Gasteiger charge is -2.11. The van der Waals surface area contributed by atoms with Gasteiger partial charge < -0.3 is 15.2 Å². The Morgan fingerprint density at radius 2 is 2.38 bits per heavy atom. The van der Waals surface area contributed by atoms with E-state index in [0.29, 0.717) is 17.5 Å². The maximum Gasteiger partial charge on any atom is 0.121 e. The van der Waals surface area contributed by atoms with Gasteiger partial charge in [0.15, 0.2) is 0 Å². The second kappa shape index (κ2) is 5.53. The molecule has 2 rings (SSSR count). The Labute approximate surface area is 100 Å². The fraction of sp³-hybridized carbons (Fsp3) is 0.500. The summed E-state index contributed by atoms with van der Waals surface area (Å²) in [5.41, 5.74) is 0.767. The highest BCUT2D eigenvalue weighted by Crippen LogP contribution is 2.24. The van der Waals surface area contributed by atoms with Gasteiger partial charge in [0.05, 0.1) is 6.61 Å². The van der Waals surface area contributed by atoms with Crippen LogP contribution in [-0.4, -0.2) is 24.9 Å². The van der Waals surface area contributed by atoms with Crippen LogP contribution in [0.3, 0.4) is 0 Å². The normalized spacial score (nSPS) is 20.2. The number of benzene rings is 1. The first-order valence-electron chi connectivity index (χ1n) is 5.52. The molecular weight excluding hydrogens is 226 g/mol. The van der Waals surface area contributed by atoms with E-state index in [4.69, 9.17) is 16.3 Å². The molecule has 1 unspecified atom stereocenters. The maximum absolute atomic E-state index is 9.63. The van der Waals surface area contributed by atoms with Crippen LogP contribution < -0.4 is 5.32 Å². The van der Waals surface area contributed by atoms with Crippen LogP contribution in [0.5, 0.6) is 5.75 Å². The molecule has 2 N–H and O–H groups in total. The van der Waals surface area contributed by atoms with Gasteiger partial charge in [-0.1, -0.05) is 17.7 Å². The largest absolute Gasteiger partial charge is 0.508 e. The summed E-state index contributed by atoms with van der Waals surface area (Å²) in [6, 6.07) is 5.19. The van der Waals surface area contributed by atoms with Crippen molar-refractivity contribution in [2.45, 2.75) is 13.0 Å². The molecule has 1 saturated heterocycles. The first kappa shape index (κ1) is 11.7. The van der Waals surface area contributed by atoms with Crippen LogP contribution in [0.4, 0.5) is 0 Å². The van der Waals surface area contributed by atoms with Gasteiger partial charge >= 0.3 is 0 Å². The Balaban J connectivity index is 1.84. The molecule has 0 radical (unpaired) electrons. The lowest BCUT2D eigenvalue weighted by molar-refractivity contribution is 0.185. The molecule has 0 amide bonds. The van der Waals surface area contributed by atoms with Gasteiger partial charge in [-0.3, -0.25) is 0 Å². The third kappa shape index (κ3) is 2.88. The minimum absolute atomic E-state index is 0.252. The van der Waals surface area contributed by atoms with Crippen LogP contribution in [0, 0.1) is 5.92 Å². The van der Waals surface area contributed by atoms with Crippen molar-refractivity contribution in [1.29, 1.82) is 0 Å². The number of rotatable bonds is 4. The van der Waals surface area contributed by atoms with E-state index in [2.05, 4.69) is 5.32 Å². The Morgan fingerprint density at radius 3 is 3.06 bits per heavy atom. The van der Waals surface area contributed by atoms with Gasteiger partial charge in [0.1, 0.15) is 5.75 Å². The van der Waals surface area contributed by atoms with E-state index >= 15 is 0 Å². The third-order valence-corrected chi connectivity index (χ3v) is 3.21. The van der Waals surface area contributed by atoms with Crippen molar-refractivity contribution in [2.75, 3.05) is 19.8 Å². The summed E-state index contributed by atoms with van der Waals surface area (Å²) in [6.45, 7) is 3.21. The lowest BCUT2D eigenvalue weighted by atomic mass is 10.1. The average molecular weight is 242 g/mol. The van der Waals surface area contributed by atoms with Gasteiger partial charge in [0.2, 0.25) is 0 Å². The third-order valence-electron chi connectivity index (χ3n) is 2.85. The minimum atomic E-state index is 0.252. The molecule has 1 heterocycles. The summed E-state index contributed by atoms with van der Waals surface area (Å²) in [5.74, 6) is 0.840. The minimum Gasteiger partial charge on any atom is -0.508 e. The Hall–Kier alpha value is -0.770. The van der Waals surface area contributed by atoms with E-state index in [1.165, 1.54) is 0 Å². The fourth-order valence-corrected chi connectivity index (χ4v) is 2.10. The van der Waals surface area contributed by atoms with Crippen molar-refractivity contribution in [3.63, 3.8) is 0 Å². The summed E-state index contributed by atoms with van der Waals surface area (Å²) in [4.78, 5) is 0. The van der Waals surface area contributed by atoms with Crippen molar-refractivity contribution >= 4 is 11.6 Å². The highest BCUT2D eigenvalue weighted by atomic mass is 35.5. The SMILES string of the molecule is Oc1cccc(Cl)c1CNCC1CCOC1. The molecule has 88 valence electrons. The summed E-state index contributed by atoms with van der Waals surface area (Å²) in [7, 11) is 0. The van der Waals surface area contributed by atoms with Gasteiger partial charge in [-0.2, -0.15) is 0 Å². The van der Waals surface area contributed by atoms with Crippen LogP contribution in [0.15, 0.2) is 18.2 Å². The summed E-state index contributed by atoms with van der Waals surface area (Å²) < 4.78 is 5.29. The number of halogens is 1. The average Bonchev–Trinajstić information content (AvgIpc) is 2.75. The molecule has 3 nitrogen and oxygen atoms in total. The molecule has 1 aliphatic heterocycles. The van der Waals surface area contributed by atoms with Crippen molar-refractivity contribution < 1.29 is 9.84 Å². The molecule has 1 aromatic rings. The second-order valence-corrected chi connectivity index (χ2v) is 4.51. The number of hydrogen-bond donors (Lipinski definition) is 2. The molecule has 1 aliphatic rings. The molecule has 1 fully saturated rings. The summed E-state index contributed by atoms with van der Waals surface area (Å²) in [5, 5.41) is 13.5. The van der Waals surface area contributed by atoms with Crippen molar-refractivity contribution in [3.8, 4) is 5.75 Å². The van der Waals surface area contributed by atoms with Gasteiger partial charge in [-0.05, 0) is 24.5 Å². The van der Waals surface area contributed by atoms with Gasteiger partial charge in [0.25, 0.3) is 0 Å². The quantitative estimate of drug-likeness (QED) is 0.849. The van der Waals surface area contributed by atoms with Crippen LogP contribution in [-0.2, 0) is 11.3 Å². The summed E-state index contributed by atoms with van der Waals surface area (Å²) in [6.07, 6.45) is 1.11. The van der Waals surface area contributed by atoms with Crippen molar-refractivity contribution in [2.24, 2.45) is 5.92 Å². The van der Waals surface area contributed by atoms with Crippen LogP contribution >= 0.6 is 11.6 Å². The predicted molar refractivity (Wildman–Crippen MR) is 63.7 cm³/mol. The first-order valence-corrected chi connectivity index (χ1v) is 5.90. The summed E-state index contributed by atoms with van der Waals surface area (Å²) >= 11 is 6.00. The topological polar surface area (TPSA) is 41.5 Å². The molecule has 0 aromatic heterocycles. The van der Waals surface area contributed by atoms with Crippen LogP contribution in [0.25, 0.3) is 0 Å². The smallest absolute Gasteiger partial charge is 0.121 e. The van der Waals surface area contributed by atoms with Crippen molar-refractivity contribution in [1.82, 2.24) is 5.32 Å². The van der Waals surface area contributed by atoms with Crippen LogP contribution in [0.2, 0.25) is 5.02 Å². The number of ether oxygens (including phenoxy) is 1. The van der Waals surface area contributed by atoms with E-state index < -0.39 is 0 Å². The van der Waals surface area contributed by atoms with E-state index in [0.717, 1.165) is 31.7 Å². The zero-order valence-corrected chi connectivity index (χ0v) is 9.83. The first-order chi connectivity index (χ1) is 7.77.